The monoisotopic (exact) mass is 328 g/mol. The molecule has 0 aliphatic carbocycles. The van der Waals surface area contributed by atoms with Gasteiger partial charge in [0.15, 0.2) is 0 Å². The lowest BCUT2D eigenvalue weighted by atomic mass is 10.1. The van der Waals surface area contributed by atoms with Gasteiger partial charge in [-0.25, -0.2) is 0 Å². The van der Waals surface area contributed by atoms with Crippen molar-refractivity contribution >= 4 is 24.8 Å². The summed E-state index contributed by atoms with van der Waals surface area (Å²) >= 11 is 0. The zero-order valence-corrected chi connectivity index (χ0v) is 14.7. The number of nitrogens with one attached hydrogen (secondary N) is 4. The first-order chi connectivity index (χ1) is 8.86. The van der Waals surface area contributed by atoms with Crippen molar-refractivity contribution < 1.29 is 0 Å². The quantitative estimate of drug-likeness (QED) is 0.593. The van der Waals surface area contributed by atoms with Gasteiger partial charge in [0.05, 0.1) is 0 Å². The summed E-state index contributed by atoms with van der Waals surface area (Å²) in [5, 5.41) is 13.4. The van der Waals surface area contributed by atoms with E-state index < -0.39 is 0 Å². The summed E-state index contributed by atoms with van der Waals surface area (Å²) in [5.41, 5.74) is 0. The first kappa shape index (κ1) is 22.7. The zero-order valence-electron chi connectivity index (χ0n) is 13.0. The minimum atomic E-state index is 0. The zero-order chi connectivity index (χ0) is 13.1. The average molecular weight is 329 g/mol. The van der Waals surface area contributed by atoms with E-state index >= 15 is 0 Å². The summed E-state index contributed by atoms with van der Waals surface area (Å²) in [5.74, 6) is 1.79. The van der Waals surface area contributed by atoms with E-state index in [1.54, 1.807) is 0 Å². The van der Waals surface area contributed by atoms with Crippen molar-refractivity contribution in [3.8, 4) is 0 Å². The molecular weight excluding hydrogens is 295 g/mol. The van der Waals surface area contributed by atoms with Gasteiger partial charge in [0.2, 0.25) is 0 Å². The van der Waals surface area contributed by atoms with Crippen LogP contribution in [0.25, 0.3) is 0 Å². The molecule has 20 heavy (non-hydrogen) atoms. The predicted octanol–water partition coefficient (Wildman–Crippen LogP) is 1.25. The molecule has 4 nitrogen and oxygen atoms in total. The molecule has 6 heteroatoms. The molecule has 2 aliphatic rings. The van der Waals surface area contributed by atoms with Gasteiger partial charge in [0.25, 0.3) is 0 Å². The Morgan fingerprint density at radius 3 is 1.45 bits per heavy atom. The lowest BCUT2D eigenvalue weighted by molar-refractivity contribution is 0.523. The van der Waals surface area contributed by atoms with Crippen LogP contribution >= 0.6 is 24.8 Å². The smallest absolute Gasteiger partial charge is 0.000790 e. The molecule has 2 fully saturated rings. The molecule has 0 aromatic rings. The van der Waals surface area contributed by atoms with Gasteiger partial charge in [-0.15, -0.1) is 24.8 Å². The van der Waals surface area contributed by atoms with E-state index in [1.165, 1.54) is 52.1 Å². The molecule has 0 saturated carbocycles. The second-order valence-electron chi connectivity index (χ2n) is 5.33. The summed E-state index contributed by atoms with van der Waals surface area (Å²) in [6.45, 7) is 13.8. The lowest BCUT2D eigenvalue weighted by Gasteiger charge is -2.06. The van der Waals surface area contributed by atoms with Gasteiger partial charge in [-0.05, 0) is 77.0 Å². The minimum absolute atomic E-state index is 0. The average Bonchev–Trinajstić information content (AvgIpc) is 3.07. The second kappa shape index (κ2) is 15.8. The van der Waals surface area contributed by atoms with Gasteiger partial charge in [0, 0.05) is 0 Å². The van der Waals surface area contributed by atoms with E-state index in [0.717, 1.165) is 24.9 Å². The Morgan fingerprint density at radius 1 is 0.800 bits per heavy atom. The van der Waals surface area contributed by atoms with Crippen LogP contribution in [0.15, 0.2) is 0 Å². The van der Waals surface area contributed by atoms with Crippen molar-refractivity contribution in [1.29, 1.82) is 0 Å². The maximum atomic E-state index is 3.35. The lowest BCUT2D eigenvalue weighted by Crippen LogP contribution is -2.23. The Hall–Kier alpha value is 0.420. The summed E-state index contributed by atoms with van der Waals surface area (Å²) in [6, 6.07) is 0. The molecule has 0 bridgehead atoms. The third-order valence-corrected chi connectivity index (χ3v) is 3.69. The molecule has 2 atom stereocenters. The van der Waals surface area contributed by atoms with Gasteiger partial charge in [-0.1, -0.05) is 13.8 Å². The number of hydrogen-bond acceptors (Lipinski definition) is 4. The summed E-state index contributed by atoms with van der Waals surface area (Å²) < 4.78 is 0. The number of halogens is 2. The molecule has 2 rings (SSSR count). The Bertz CT molecular complexity index is 164. The molecular formula is C14H34Cl2N4. The first-order valence-electron chi connectivity index (χ1n) is 7.69. The molecule has 2 saturated heterocycles. The summed E-state index contributed by atoms with van der Waals surface area (Å²) in [4.78, 5) is 0. The minimum Gasteiger partial charge on any atom is -0.317 e. The fourth-order valence-electron chi connectivity index (χ4n) is 2.47. The number of rotatable bonds is 6. The van der Waals surface area contributed by atoms with Crippen LogP contribution in [-0.4, -0.2) is 52.4 Å². The van der Waals surface area contributed by atoms with Crippen molar-refractivity contribution in [1.82, 2.24) is 21.3 Å². The van der Waals surface area contributed by atoms with Crippen LogP contribution in [0, 0.1) is 11.8 Å². The van der Waals surface area contributed by atoms with E-state index in [-0.39, 0.29) is 24.8 Å². The van der Waals surface area contributed by atoms with Gasteiger partial charge in [-0.3, -0.25) is 0 Å². The van der Waals surface area contributed by atoms with Crippen LogP contribution in [0.1, 0.15) is 26.7 Å². The SMILES string of the molecule is CCNC[C@H]1CCNC1.CCNC[C@H]1CCNC1.Cl.Cl. The Labute approximate surface area is 137 Å². The van der Waals surface area contributed by atoms with Crippen LogP contribution in [0.2, 0.25) is 0 Å². The highest BCUT2D eigenvalue weighted by atomic mass is 35.5. The Kier molecular flexibility index (Phi) is 17.9. The molecule has 124 valence electrons. The molecule has 4 N–H and O–H groups in total. The molecule has 0 aromatic heterocycles. The van der Waals surface area contributed by atoms with Crippen LogP contribution < -0.4 is 21.3 Å². The van der Waals surface area contributed by atoms with Crippen molar-refractivity contribution in [3.05, 3.63) is 0 Å². The summed E-state index contributed by atoms with van der Waals surface area (Å²) in [6.07, 6.45) is 2.71. The van der Waals surface area contributed by atoms with Crippen LogP contribution in [-0.2, 0) is 0 Å². The highest BCUT2D eigenvalue weighted by molar-refractivity contribution is 5.85. The van der Waals surface area contributed by atoms with Gasteiger partial charge < -0.3 is 21.3 Å². The fraction of sp³-hybridized carbons (Fsp3) is 1.00. The van der Waals surface area contributed by atoms with Crippen LogP contribution in [0.3, 0.4) is 0 Å². The van der Waals surface area contributed by atoms with E-state index in [0.29, 0.717) is 0 Å². The maximum Gasteiger partial charge on any atom is -0.000790 e. The Morgan fingerprint density at radius 2 is 1.20 bits per heavy atom. The fourth-order valence-corrected chi connectivity index (χ4v) is 2.47. The third kappa shape index (κ3) is 11.1. The molecule has 0 spiro atoms. The molecule has 2 heterocycles. The molecule has 0 radical (unpaired) electrons. The molecule has 0 amide bonds. The largest absolute Gasteiger partial charge is 0.317 e. The van der Waals surface area contributed by atoms with Gasteiger partial charge in [-0.2, -0.15) is 0 Å². The Balaban J connectivity index is 0. The highest BCUT2D eigenvalue weighted by Gasteiger charge is 2.12. The van der Waals surface area contributed by atoms with E-state index in [2.05, 4.69) is 35.1 Å². The maximum absolute atomic E-state index is 3.35. The van der Waals surface area contributed by atoms with Crippen LogP contribution in [0.4, 0.5) is 0 Å². The number of hydrogen-bond donors (Lipinski definition) is 4. The highest BCUT2D eigenvalue weighted by Crippen LogP contribution is 2.05. The van der Waals surface area contributed by atoms with E-state index in [1.807, 2.05) is 0 Å². The van der Waals surface area contributed by atoms with E-state index in [9.17, 15) is 0 Å². The predicted molar refractivity (Wildman–Crippen MR) is 93.5 cm³/mol. The van der Waals surface area contributed by atoms with Gasteiger partial charge >= 0.3 is 0 Å². The van der Waals surface area contributed by atoms with Crippen molar-refractivity contribution in [3.63, 3.8) is 0 Å². The van der Waals surface area contributed by atoms with Crippen molar-refractivity contribution in [2.75, 3.05) is 52.4 Å². The molecule has 2 aliphatic heterocycles. The summed E-state index contributed by atoms with van der Waals surface area (Å²) in [7, 11) is 0. The van der Waals surface area contributed by atoms with E-state index in [4.69, 9.17) is 0 Å². The second-order valence-corrected chi connectivity index (χ2v) is 5.33. The molecule has 0 aromatic carbocycles. The van der Waals surface area contributed by atoms with Gasteiger partial charge in [0.1, 0.15) is 0 Å². The topological polar surface area (TPSA) is 48.1 Å². The molecule has 0 unspecified atom stereocenters. The van der Waals surface area contributed by atoms with Crippen LogP contribution in [0.5, 0.6) is 0 Å². The van der Waals surface area contributed by atoms with Crippen molar-refractivity contribution in [2.45, 2.75) is 26.7 Å². The third-order valence-electron chi connectivity index (χ3n) is 3.69. The normalized spacial score (nSPS) is 24.3. The van der Waals surface area contributed by atoms with Crippen molar-refractivity contribution in [2.24, 2.45) is 11.8 Å². The first-order valence-corrected chi connectivity index (χ1v) is 7.69. The standard InChI is InChI=1S/2C7H16N2.2ClH/c2*1-2-8-5-7-3-4-9-6-7;;/h2*7-9H,2-6H2,1H3;2*1H/t2*7-;;/m11../s1.